The molecule has 0 amide bonds. The monoisotopic (exact) mass is 500 g/mol. The van der Waals surface area contributed by atoms with Gasteiger partial charge in [0.1, 0.15) is 0 Å². The molecule has 7 rings (SSSR count). The van der Waals surface area contributed by atoms with Gasteiger partial charge in [-0.2, -0.15) is 0 Å². The fraction of sp³-hybridized carbons (Fsp3) is 0.0270. The molecular weight excluding hydrogens is 472 g/mol. The molecule has 6 aromatic carbocycles. The molecule has 7 aromatic rings. The lowest BCUT2D eigenvalue weighted by molar-refractivity contribution is 1.19. The molecule has 0 bridgehead atoms. The van der Waals surface area contributed by atoms with Crippen molar-refractivity contribution in [2.24, 2.45) is 5.73 Å². The number of fused-ring (bicyclic) bond motifs is 6. The number of rotatable bonds is 4. The number of aromatic nitrogens is 1. The van der Waals surface area contributed by atoms with E-state index in [1.54, 1.807) is 0 Å². The first kappa shape index (κ1) is 23.1. The summed E-state index contributed by atoms with van der Waals surface area (Å²) in [7, 11) is 0. The van der Waals surface area contributed by atoms with Crippen LogP contribution in [0.3, 0.4) is 0 Å². The molecule has 0 aliphatic rings. The largest absolute Gasteiger partial charge is 0.398 e. The average molecular weight is 501 g/mol. The lowest BCUT2D eigenvalue weighted by Gasteiger charge is -2.12. The van der Waals surface area contributed by atoms with Crippen LogP contribution >= 0.6 is 0 Å². The molecule has 0 spiro atoms. The van der Waals surface area contributed by atoms with Crippen LogP contribution in [0.1, 0.15) is 12.5 Å². The van der Waals surface area contributed by atoms with Crippen molar-refractivity contribution in [3.63, 3.8) is 0 Å². The third kappa shape index (κ3) is 3.89. The maximum Gasteiger partial charge on any atom is 0.0619 e. The number of hydrogen-bond donors (Lipinski definition) is 1. The Bertz CT molecular complexity index is 2070. The van der Waals surface area contributed by atoms with E-state index in [0.29, 0.717) is 0 Å². The predicted molar refractivity (Wildman–Crippen MR) is 168 cm³/mol. The number of benzene rings is 6. The Morgan fingerprint density at radius 2 is 1.36 bits per heavy atom. The van der Waals surface area contributed by atoms with Gasteiger partial charge < -0.3 is 10.3 Å². The highest BCUT2D eigenvalue weighted by Gasteiger charge is 2.17. The van der Waals surface area contributed by atoms with Gasteiger partial charge in [0.25, 0.3) is 0 Å². The smallest absolute Gasteiger partial charge is 0.0619 e. The summed E-state index contributed by atoms with van der Waals surface area (Å²) in [6.45, 7) is 2.00. The molecule has 0 unspecified atom stereocenters. The highest BCUT2D eigenvalue weighted by molar-refractivity contribution is 6.19. The van der Waals surface area contributed by atoms with Crippen molar-refractivity contribution >= 4 is 49.0 Å². The summed E-state index contributed by atoms with van der Waals surface area (Å²) in [5, 5.41) is 7.34. The van der Waals surface area contributed by atoms with E-state index in [4.69, 9.17) is 5.73 Å². The fourth-order valence-corrected chi connectivity index (χ4v) is 5.71. The molecule has 0 aliphatic carbocycles. The first-order chi connectivity index (χ1) is 19.2. The summed E-state index contributed by atoms with van der Waals surface area (Å²) in [5.41, 5.74) is 14.2. The van der Waals surface area contributed by atoms with Crippen LogP contribution in [-0.4, -0.2) is 4.57 Å². The maximum absolute atomic E-state index is 6.40. The van der Waals surface area contributed by atoms with E-state index in [-0.39, 0.29) is 0 Å². The zero-order valence-corrected chi connectivity index (χ0v) is 21.8. The summed E-state index contributed by atoms with van der Waals surface area (Å²) in [6, 6.07) is 43.8. The highest BCUT2D eigenvalue weighted by atomic mass is 15.0. The van der Waals surface area contributed by atoms with Crippen molar-refractivity contribution < 1.29 is 0 Å². The van der Waals surface area contributed by atoms with Crippen LogP contribution in [0, 0.1) is 0 Å². The maximum atomic E-state index is 6.40. The quantitative estimate of drug-likeness (QED) is 0.240. The van der Waals surface area contributed by atoms with E-state index in [0.717, 1.165) is 16.9 Å². The van der Waals surface area contributed by atoms with Gasteiger partial charge >= 0.3 is 0 Å². The van der Waals surface area contributed by atoms with Crippen LogP contribution in [0.2, 0.25) is 0 Å². The second-order valence-corrected chi connectivity index (χ2v) is 10.0. The SMILES string of the molecule is C/C=C\C=C(/N)c1ccc2c(ccc3c4ccc(-c5ccccc5)cc4n(-c4ccc5ccccc5c4)c23)c1. The van der Waals surface area contributed by atoms with Crippen LogP contribution in [0.4, 0.5) is 0 Å². The van der Waals surface area contributed by atoms with E-state index >= 15 is 0 Å². The molecule has 1 aromatic heterocycles. The van der Waals surface area contributed by atoms with Crippen LogP contribution in [-0.2, 0) is 0 Å². The fourth-order valence-electron chi connectivity index (χ4n) is 5.71. The van der Waals surface area contributed by atoms with Crippen LogP contribution < -0.4 is 5.73 Å². The summed E-state index contributed by atoms with van der Waals surface area (Å²) in [4.78, 5) is 0. The van der Waals surface area contributed by atoms with Gasteiger partial charge in [0.2, 0.25) is 0 Å². The Morgan fingerprint density at radius 3 is 2.21 bits per heavy atom. The lowest BCUT2D eigenvalue weighted by Crippen LogP contribution is -1.97. The van der Waals surface area contributed by atoms with E-state index in [1.165, 1.54) is 54.5 Å². The van der Waals surface area contributed by atoms with Crippen molar-refractivity contribution in [3.05, 3.63) is 145 Å². The number of nitrogens with two attached hydrogens (primary N) is 1. The molecule has 39 heavy (non-hydrogen) atoms. The van der Waals surface area contributed by atoms with Gasteiger partial charge in [0.15, 0.2) is 0 Å². The number of hydrogen-bond acceptors (Lipinski definition) is 1. The Kier molecular flexibility index (Phi) is 5.53. The predicted octanol–water partition coefficient (Wildman–Crippen LogP) is 9.63. The zero-order valence-electron chi connectivity index (χ0n) is 21.8. The van der Waals surface area contributed by atoms with E-state index in [2.05, 4.69) is 126 Å². The molecule has 0 atom stereocenters. The summed E-state index contributed by atoms with van der Waals surface area (Å²) < 4.78 is 2.44. The second kappa shape index (κ2) is 9.34. The molecule has 0 saturated heterocycles. The molecule has 0 aliphatic heterocycles. The van der Waals surface area contributed by atoms with Gasteiger partial charge in [-0.25, -0.2) is 0 Å². The topological polar surface area (TPSA) is 30.9 Å². The Morgan fingerprint density at radius 1 is 0.615 bits per heavy atom. The van der Waals surface area contributed by atoms with Crippen molar-refractivity contribution in [1.29, 1.82) is 0 Å². The van der Waals surface area contributed by atoms with Crippen molar-refractivity contribution in [2.45, 2.75) is 6.92 Å². The Balaban J connectivity index is 1.57. The molecule has 2 heteroatoms. The van der Waals surface area contributed by atoms with Gasteiger partial charge in [-0.3, -0.25) is 0 Å². The highest BCUT2D eigenvalue weighted by Crippen LogP contribution is 2.39. The molecule has 0 saturated carbocycles. The van der Waals surface area contributed by atoms with E-state index in [9.17, 15) is 0 Å². The van der Waals surface area contributed by atoms with Crippen LogP contribution in [0.5, 0.6) is 0 Å². The standard InChI is InChI=1S/C37H28N2/c1-2-3-13-35(38)30-17-19-32-29(22-30)16-21-34-33-20-15-28(25-9-5-4-6-10-25)24-36(33)39(37(32)34)31-18-14-26-11-7-8-12-27(26)23-31/h2-24H,38H2,1H3/b3-2-,35-13-. The van der Waals surface area contributed by atoms with Crippen LogP contribution in [0.15, 0.2) is 140 Å². The van der Waals surface area contributed by atoms with Gasteiger partial charge in [-0.15, -0.1) is 0 Å². The Labute approximate surface area is 227 Å². The summed E-state index contributed by atoms with van der Waals surface area (Å²) in [6.07, 6.45) is 5.92. The van der Waals surface area contributed by atoms with Gasteiger partial charge in [-0.05, 0) is 70.1 Å². The number of allylic oxidation sites excluding steroid dienone is 3. The first-order valence-corrected chi connectivity index (χ1v) is 13.4. The molecule has 0 radical (unpaired) electrons. The van der Waals surface area contributed by atoms with Crippen molar-refractivity contribution in [2.75, 3.05) is 0 Å². The first-order valence-electron chi connectivity index (χ1n) is 13.4. The molecule has 2 N–H and O–H groups in total. The molecule has 1 heterocycles. The third-order valence-corrected chi connectivity index (χ3v) is 7.64. The van der Waals surface area contributed by atoms with Crippen LogP contribution in [0.25, 0.3) is 65.9 Å². The molecule has 186 valence electrons. The van der Waals surface area contributed by atoms with Gasteiger partial charge in [0.05, 0.1) is 11.0 Å². The lowest BCUT2D eigenvalue weighted by atomic mass is 10.0. The van der Waals surface area contributed by atoms with Gasteiger partial charge in [0, 0.05) is 27.5 Å². The molecular formula is C37H28N2. The van der Waals surface area contributed by atoms with Gasteiger partial charge in [-0.1, -0.05) is 109 Å². The minimum Gasteiger partial charge on any atom is -0.398 e. The molecule has 2 nitrogen and oxygen atoms in total. The second-order valence-electron chi connectivity index (χ2n) is 10.0. The van der Waals surface area contributed by atoms with Crippen molar-refractivity contribution in [3.8, 4) is 16.8 Å². The number of nitrogens with zero attached hydrogens (tertiary/aromatic N) is 1. The minimum atomic E-state index is 0.762. The zero-order chi connectivity index (χ0) is 26.3. The van der Waals surface area contributed by atoms with Crippen molar-refractivity contribution in [1.82, 2.24) is 4.57 Å². The molecule has 0 fully saturated rings. The summed E-state index contributed by atoms with van der Waals surface area (Å²) in [5.74, 6) is 0. The van der Waals surface area contributed by atoms with E-state index < -0.39 is 0 Å². The normalized spacial score (nSPS) is 12.4. The third-order valence-electron chi connectivity index (χ3n) is 7.64. The Hall–Kier alpha value is -5.08. The summed E-state index contributed by atoms with van der Waals surface area (Å²) >= 11 is 0. The minimum absolute atomic E-state index is 0.762. The van der Waals surface area contributed by atoms with E-state index in [1.807, 2.05) is 25.2 Å². The average Bonchev–Trinajstić information content (AvgIpc) is 3.33.